The summed E-state index contributed by atoms with van der Waals surface area (Å²) in [6, 6.07) is 0. The Hall–Kier alpha value is -1.43. The van der Waals surface area contributed by atoms with Crippen LogP contribution in [0.5, 0.6) is 0 Å². The maximum Gasteiger partial charge on any atom is 0.248 e. The number of Topliss-reactive ketones (excluding diaryl/α,β-unsaturated/α-hetero) is 1. The Morgan fingerprint density at radius 3 is 2.26 bits per heavy atom. The van der Waals surface area contributed by atoms with Crippen molar-refractivity contribution in [2.75, 3.05) is 13.5 Å². The highest BCUT2D eigenvalue weighted by molar-refractivity contribution is 5.93. The third-order valence-corrected chi connectivity index (χ3v) is 3.41. The number of aliphatic imine (C=N–C) groups is 1. The van der Waals surface area contributed by atoms with Crippen molar-refractivity contribution in [1.29, 1.82) is 0 Å². The van der Waals surface area contributed by atoms with Crippen LogP contribution >= 0.6 is 0 Å². The number of nitrogens with two attached hydrogens (primary N) is 1. The third kappa shape index (κ3) is 13.9. The number of carbonyl (C=O) groups excluding carboxylic acids is 2. The van der Waals surface area contributed by atoms with Crippen molar-refractivity contribution in [3.8, 4) is 0 Å². The molecule has 0 spiro atoms. The van der Waals surface area contributed by atoms with E-state index in [2.05, 4.69) is 4.99 Å². The molecule has 0 fully saturated rings. The van der Waals surface area contributed by atoms with Gasteiger partial charge < -0.3 is 15.7 Å². The molecule has 0 aliphatic heterocycles. The van der Waals surface area contributed by atoms with Gasteiger partial charge in [-0.15, -0.1) is 0 Å². The number of carbonyl (C=O) groups is 2. The molecule has 0 aromatic carbocycles. The Labute approximate surface area is 144 Å². The van der Waals surface area contributed by atoms with Crippen LogP contribution in [0.1, 0.15) is 75.7 Å². The summed E-state index contributed by atoms with van der Waals surface area (Å²) in [4.78, 5) is 27.3. The molecule has 134 valence electrons. The van der Waals surface area contributed by atoms with E-state index in [1.165, 1.54) is 6.92 Å². The number of guanidine groups is 1. The van der Waals surface area contributed by atoms with Crippen LogP contribution < -0.4 is 5.73 Å². The molecule has 1 atom stereocenters. The first-order valence-corrected chi connectivity index (χ1v) is 8.36. The van der Waals surface area contributed by atoms with Crippen LogP contribution in [0, 0.1) is 0 Å². The second kappa shape index (κ2) is 13.0. The summed E-state index contributed by atoms with van der Waals surface area (Å²) in [6.45, 7) is 0.0173. The lowest BCUT2D eigenvalue weighted by Crippen LogP contribution is -2.37. The molecule has 0 aliphatic rings. The fraction of sp³-hybridized carbons (Fsp3) is 0.824. The van der Waals surface area contributed by atoms with Crippen molar-refractivity contribution in [1.82, 2.24) is 4.90 Å². The van der Waals surface area contributed by atoms with Gasteiger partial charge in [-0.2, -0.15) is 4.99 Å². The quantitative estimate of drug-likeness (QED) is 0.325. The van der Waals surface area contributed by atoms with Gasteiger partial charge in [-0.05, 0) is 26.7 Å². The van der Waals surface area contributed by atoms with Crippen molar-refractivity contribution in [3.63, 3.8) is 0 Å². The number of aliphatic hydroxyl groups is 1. The zero-order valence-corrected chi connectivity index (χ0v) is 14.4. The number of ketones is 1. The summed E-state index contributed by atoms with van der Waals surface area (Å²) in [5.41, 5.74) is 5.60. The normalized spacial score (nSPS) is 15.4. The first-order valence-electron chi connectivity index (χ1n) is 9.86. The molecule has 0 radical (unpaired) electrons. The monoisotopic (exact) mass is 330 g/mol. The zero-order valence-electron chi connectivity index (χ0n) is 17.4. The minimum absolute atomic E-state index is 0.206. The van der Waals surface area contributed by atoms with Crippen LogP contribution in [0.4, 0.5) is 0 Å². The number of likely N-dealkylation sites (N-methyl/N-ethyl adjacent to an activating group) is 1. The summed E-state index contributed by atoms with van der Waals surface area (Å²) in [5.74, 6) is -1.29. The maximum absolute atomic E-state index is 11.8. The number of rotatable bonds is 12. The second-order valence-corrected chi connectivity index (χ2v) is 6.01. The summed E-state index contributed by atoms with van der Waals surface area (Å²) >= 11 is 0. The lowest BCUT2D eigenvalue weighted by molar-refractivity contribution is -0.119. The molecule has 6 nitrogen and oxygen atoms in total. The van der Waals surface area contributed by atoms with E-state index in [9.17, 15) is 9.59 Å². The Morgan fingerprint density at radius 2 is 1.74 bits per heavy atom. The first-order chi connectivity index (χ1) is 12.0. The molecule has 23 heavy (non-hydrogen) atoms. The minimum atomic E-state index is -2.62. The zero-order chi connectivity index (χ0) is 20.2. The molecule has 3 N–H and O–H groups in total. The standard InChI is InChI=1S/C17H33N3O3/c1-14(21)11-9-7-5-4-6-8-10-12-16(23)19-17(18)20(3)13-15(2)22/h14,21H,4-13H2,1-3H3,(H2,18,19,23)/i3D3. The highest BCUT2D eigenvalue weighted by Crippen LogP contribution is 2.11. The van der Waals surface area contributed by atoms with Gasteiger partial charge in [-0.1, -0.05) is 38.5 Å². The van der Waals surface area contributed by atoms with Crippen molar-refractivity contribution >= 4 is 17.6 Å². The molecule has 0 aromatic rings. The molecular formula is C17H33N3O3. The summed E-state index contributed by atoms with van der Waals surface area (Å²) in [6.07, 6.45) is 7.74. The van der Waals surface area contributed by atoms with Gasteiger partial charge in [0.25, 0.3) is 0 Å². The largest absolute Gasteiger partial charge is 0.393 e. The van der Waals surface area contributed by atoms with Crippen LogP contribution in [0.3, 0.4) is 0 Å². The number of hydrogen-bond acceptors (Lipinski definition) is 3. The second-order valence-electron chi connectivity index (χ2n) is 6.01. The maximum atomic E-state index is 11.8. The van der Waals surface area contributed by atoms with Crippen molar-refractivity contribution in [2.24, 2.45) is 10.7 Å². The van der Waals surface area contributed by atoms with Gasteiger partial charge in [0.05, 0.1) is 12.6 Å². The number of unbranched alkanes of at least 4 members (excludes halogenated alkanes) is 6. The van der Waals surface area contributed by atoms with E-state index in [4.69, 9.17) is 15.0 Å². The van der Waals surface area contributed by atoms with Gasteiger partial charge in [0, 0.05) is 17.5 Å². The van der Waals surface area contributed by atoms with Gasteiger partial charge >= 0.3 is 0 Å². The average molecular weight is 330 g/mol. The highest BCUT2D eigenvalue weighted by Gasteiger charge is 2.07. The number of hydrogen-bond donors (Lipinski definition) is 2. The molecule has 0 saturated heterocycles. The van der Waals surface area contributed by atoms with E-state index in [0.29, 0.717) is 11.3 Å². The van der Waals surface area contributed by atoms with Crippen LogP contribution in [0.15, 0.2) is 4.99 Å². The topological polar surface area (TPSA) is 96.0 Å². The van der Waals surface area contributed by atoms with Crippen molar-refractivity contribution in [3.05, 3.63) is 0 Å². The van der Waals surface area contributed by atoms with E-state index >= 15 is 0 Å². The Kier molecular flexibility index (Phi) is 9.32. The highest BCUT2D eigenvalue weighted by atomic mass is 16.3. The molecule has 0 heterocycles. The van der Waals surface area contributed by atoms with Gasteiger partial charge in [-0.3, -0.25) is 9.59 Å². The summed E-state index contributed by atoms with van der Waals surface area (Å²) in [5, 5.41) is 9.16. The molecule has 0 rings (SSSR count). The summed E-state index contributed by atoms with van der Waals surface area (Å²) < 4.78 is 22.1. The molecule has 0 saturated carbocycles. The van der Waals surface area contributed by atoms with Crippen LogP contribution in [-0.2, 0) is 9.59 Å². The van der Waals surface area contributed by atoms with E-state index < -0.39 is 25.4 Å². The predicted octanol–water partition coefficient (Wildman–Crippen LogP) is 2.24. The lowest BCUT2D eigenvalue weighted by atomic mass is 10.1. The Morgan fingerprint density at radius 1 is 1.17 bits per heavy atom. The van der Waals surface area contributed by atoms with E-state index in [-0.39, 0.29) is 18.3 Å². The van der Waals surface area contributed by atoms with Crippen molar-refractivity contribution in [2.45, 2.75) is 77.7 Å². The van der Waals surface area contributed by atoms with E-state index in [1.807, 2.05) is 0 Å². The van der Waals surface area contributed by atoms with Crippen LogP contribution in [0.2, 0.25) is 0 Å². The number of aliphatic hydroxyl groups excluding tert-OH is 1. The molecule has 6 heteroatoms. The molecule has 0 aliphatic carbocycles. The molecule has 0 aromatic heterocycles. The van der Waals surface area contributed by atoms with Gasteiger partial charge in [0.2, 0.25) is 5.91 Å². The summed E-state index contributed by atoms with van der Waals surface area (Å²) in [7, 11) is 0. The lowest BCUT2D eigenvalue weighted by Gasteiger charge is -2.15. The van der Waals surface area contributed by atoms with Crippen LogP contribution in [-0.4, -0.2) is 47.3 Å². The Bertz CT molecular complexity index is 466. The SMILES string of the molecule is [2H]C([2H])([2H])N(CC(C)=O)C(N)=NC(=O)CCCCCCCCCC(C)O. The molecular weight excluding hydrogens is 294 g/mol. The fourth-order valence-corrected chi connectivity index (χ4v) is 2.15. The minimum Gasteiger partial charge on any atom is -0.393 e. The van der Waals surface area contributed by atoms with E-state index in [0.717, 1.165) is 44.9 Å². The smallest absolute Gasteiger partial charge is 0.248 e. The average Bonchev–Trinajstić information content (AvgIpc) is 2.49. The molecule has 1 amide bonds. The number of nitrogens with zero attached hydrogens (tertiary/aromatic N) is 2. The fourth-order valence-electron chi connectivity index (χ4n) is 2.15. The third-order valence-electron chi connectivity index (χ3n) is 3.41. The number of amides is 1. The predicted molar refractivity (Wildman–Crippen MR) is 93.2 cm³/mol. The Balaban J connectivity index is 4.08. The molecule has 0 bridgehead atoms. The van der Waals surface area contributed by atoms with Crippen LogP contribution in [0.25, 0.3) is 0 Å². The van der Waals surface area contributed by atoms with Gasteiger partial charge in [0.15, 0.2) is 5.96 Å². The molecule has 1 unspecified atom stereocenters. The van der Waals surface area contributed by atoms with Crippen molar-refractivity contribution < 1.29 is 18.8 Å². The van der Waals surface area contributed by atoms with Gasteiger partial charge in [0.1, 0.15) is 5.78 Å². The first kappa shape index (κ1) is 16.4. The van der Waals surface area contributed by atoms with Gasteiger partial charge in [-0.25, -0.2) is 0 Å². The van der Waals surface area contributed by atoms with E-state index in [1.54, 1.807) is 6.92 Å².